The molecule has 1 aromatic carbocycles. The van der Waals surface area contributed by atoms with Crippen LogP contribution in [0.3, 0.4) is 0 Å². The second-order valence-corrected chi connectivity index (χ2v) is 5.43. The quantitative estimate of drug-likeness (QED) is 0.813. The Hall–Kier alpha value is -2.17. The highest BCUT2D eigenvalue weighted by molar-refractivity contribution is 6.06. The molecule has 1 aromatic rings. The predicted molar refractivity (Wildman–Crippen MR) is 76.6 cm³/mol. The van der Waals surface area contributed by atoms with Crippen LogP contribution < -0.4 is 0 Å². The van der Waals surface area contributed by atoms with E-state index in [-0.39, 0.29) is 18.2 Å². The number of carbonyl (C=O) groups excluding carboxylic acids is 2. The Labute approximate surface area is 123 Å². The van der Waals surface area contributed by atoms with Crippen LogP contribution >= 0.6 is 0 Å². The summed E-state index contributed by atoms with van der Waals surface area (Å²) >= 11 is 0. The van der Waals surface area contributed by atoms with Gasteiger partial charge >= 0.3 is 5.97 Å². The average Bonchev–Trinajstić information content (AvgIpc) is 2.75. The number of carbonyl (C=O) groups is 3. The summed E-state index contributed by atoms with van der Waals surface area (Å²) in [5.41, 5.74) is 0.859. The fourth-order valence-corrected chi connectivity index (χ4v) is 2.54. The van der Waals surface area contributed by atoms with E-state index < -0.39 is 17.8 Å². The molecule has 0 saturated carbocycles. The first-order chi connectivity index (χ1) is 10.0. The van der Waals surface area contributed by atoms with Gasteiger partial charge in [0.2, 0.25) is 11.8 Å². The van der Waals surface area contributed by atoms with Crippen LogP contribution in [-0.4, -0.2) is 34.3 Å². The van der Waals surface area contributed by atoms with Crippen molar-refractivity contribution < 1.29 is 19.5 Å². The van der Waals surface area contributed by atoms with Crippen LogP contribution in [0.2, 0.25) is 0 Å². The SMILES string of the molecule is CC(CCCN1C(=O)CC(c2ccccc2)C1=O)C(=O)O. The van der Waals surface area contributed by atoms with Gasteiger partial charge in [-0.2, -0.15) is 0 Å². The van der Waals surface area contributed by atoms with E-state index in [9.17, 15) is 14.4 Å². The van der Waals surface area contributed by atoms with Crippen LogP contribution in [0.4, 0.5) is 0 Å². The van der Waals surface area contributed by atoms with E-state index in [0.717, 1.165) is 5.56 Å². The highest BCUT2D eigenvalue weighted by Gasteiger charge is 2.38. The summed E-state index contributed by atoms with van der Waals surface area (Å²) in [6.07, 6.45) is 1.19. The smallest absolute Gasteiger partial charge is 0.306 e. The van der Waals surface area contributed by atoms with Gasteiger partial charge in [0.15, 0.2) is 0 Å². The van der Waals surface area contributed by atoms with Gasteiger partial charge in [0, 0.05) is 13.0 Å². The molecule has 0 aliphatic carbocycles. The molecule has 1 saturated heterocycles. The minimum absolute atomic E-state index is 0.170. The fraction of sp³-hybridized carbons (Fsp3) is 0.438. The highest BCUT2D eigenvalue weighted by atomic mass is 16.4. The standard InChI is InChI=1S/C16H19NO4/c1-11(16(20)21)6-5-9-17-14(18)10-13(15(17)19)12-7-3-2-4-8-12/h2-4,7-8,11,13H,5-6,9-10H2,1H3,(H,20,21). The zero-order valence-corrected chi connectivity index (χ0v) is 12.0. The number of amides is 2. The number of imide groups is 1. The maximum Gasteiger partial charge on any atom is 0.306 e. The molecule has 21 heavy (non-hydrogen) atoms. The Morgan fingerprint density at radius 3 is 2.62 bits per heavy atom. The Morgan fingerprint density at radius 2 is 2.00 bits per heavy atom. The van der Waals surface area contributed by atoms with Crippen LogP contribution in [0.15, 0.2) is 30.3 Å². The molecular weight excluding hydrogens is 270 g/mol. The van der Waals surface area contributed by atoms with Gasteiger partial charge in [-0.3, -0.25) is 19.3 Å². The van der Waals surface area contributed by atoms with Crippen molar-refractivity contribution in [3.63, 3.8) is 0 Å². The molecule has 2 rings (SSSR count). The molecule has 1 aliphatic rings. The van der Waals surface area contributed by atoms with Crippen LogP contribution in [0.25, 0.3) is 0 Å². The predicted octanol–water partition coefficient (Wildman–Crippen LogP) is 2.03. The third kappa shape index (κ3) is 3.48. The van der Waals surface area contributed by atoms with Crippen molar-refractivity contribution in [2.75, 3.05) is 6.54 Å². The number of hydrogen-bond acceptors (Lipinski definition) is 3. The topological polar surface area (TPSA) is 74.7 Å². The fourth-order valence-electron chi connectivity index (χ4n) is 2.54. The van der Waals surface area contributed by atoms with E-state index in [1.807, 2.05) is 30.3 Å². The van der Waals surface area contributed by atoms with Crippen molar-refractivity contribution in [3.8, 4) is 0 Å². The first-order valence-electron chi connectivity index (χ1n) is 7.12. The molecule has 2 unspecified atom stereocenters. The molecule has 112 valence electrons. The molecule has 0 radical (unpaired) electrons. The van der Waals surface area contributed by atoms with Crippen LogP contribution in [-0.2, 0) is 14.4 Å². The summed E-state index contributed by atoms with van der Waals surface area (Å²) in [4.78, 5) is 36.3. The molecule has 0 aromatic heterocycles. The van der Waals surface area contributed by atoms with Gasteiger partial charge in [-0.25, -0.2) is 0 Å². The van der Waals surface area contributed by atoms with Gasteiger partial charge in [-0.05, 0) is 18.4 Å². The lowest BCUT2D eigenvalue weighted by atomic mass is 9.98. The normalized spacial score (nSPS) is 19.9. The monoisotopic (exact) mass is 289 g/mol. The van der Waals surface area contributed by atoms with E-state index in [0.29, 0.717) is 19.4 Å². The molecule has 0 bridgehead atoms. The molecule has 5 nitrogen and oxygen atoms in total. The second-order valence-electron chi connectivity index (χ2n) is 5.43. The molecule has 0 spiro atoms. The van der Waals surface area contributed by atoms with Crippen LogP contribution in [0.1, 0.15) is 37.7 Å². The van der Waals surface area contributed by atoms with Crippen molar-refractivity contribution >= 4 is 17.8 Å². The minimum atomic E-state index is -0.851. The number of hydrogen-bond donors (Lipinski definition) is 1. The number of benzene rings is 1. The first-order valence-corrected chi connectivity index (χ1v) is 7.12. The van der Waals surface area contributed by atoms with E-state index in [1.54, 1.807) is 6.92 Å². The lowest BCUT2D eigenvalue weighted by Crippen LogP contribution is -2.31. The van der Waals surface area contributed by atoms with Gasteiger partial charge in [-0.1, -0.05) is 37.3 Å². The minimum Gasteiger partial charge on any atom is -0.481 e. The lowest BCUT2D eigenvalue weighted by molar-refractivity contribution is -0.141. The Kier molecular flexibility index (Phi) is 4.73. The van der Waals surface area contributed by atoms with Crippen molar-refractivity contribution in [3.05, 3.63) is 35.9 Å². The summed E-state index contributed by atoms with van der Waals surface area (Å²) in [6.45, 7) is 1.93. The molecule has 1 N–H and O–H groups in total. The maximum absolute atomic E-state index is 12.3. The van der Waals surface area contributed by atoms with E-state index in [2.05, 4.69) is 0 Å². The van der Waals surface area contributed by atoms with Gasteiger partial charge < -0.3 is 5.11 Å². The van der Waals surface area contributed by atoms with Crippen molar-refractivity contribution in [2.24, 2.45) is 5.92 Å². The van der Waals surface area contributed by atoms with Crippen molar-refractivity contribution in [1.29, 1.82) is 0 Å². The lowest BCUT2D eigenvalue weighted by Gasteiger charge is -2.15. The summed E-state index contributed by atoms with van der Waals surface area (Å²) in [5.74, 6) is -2.04. The number of likely N-dealkylation sites (tertiary alicyclic amines) is 1. The van der Waals surface area contributed by atoms with Gasteiger partial charge in [0.05, 0.1) is 11.8 Å². The summed E-state index contributed by atoms with van der Waals surface area (Å²) in [5, 5.41) is 8.82. The largest absolute Gasteiger partial charge is 0.481 e. The van der Waals surface area contributed by atoms with E-state index in [4.69, 9.17) is 5.11 Å². The first kappa shape index (κ1) is 15.2. The molecule has 5 heteroatoms. The van der Waals surface area contributed by atoms with E-state index in [1.165, 1.54) is 4.90 Å². The molecule has 1 aliphatic heterocycles. The van der Waals surface area contributed by atoms with Gasteiger partial charge in [0.25, 0.3) is 0 Å². The molecule has 1 heterocycles. The van der Waals surface area contributed by atoms with Crippen LogP contribution in [0, 0.1) is 5.92 Å². The number of nitrogens with zero attached hydrogens (tertiary/aromatic N) is 1. The number of aliphatic carboxylic acids is 1. The second kappa shape index (κ2) is 6.52. The summed E-state index contributed by atoms with van der Waals surface area (Å²) in [7, 11) is 0. The van der Waals surface area contributed by atoms with Gasteiger partial charge in [0.1, 0.15) is 0 Å². The number of carboxylic acids is 1. The van der Waals surface area contributed by atoms with Crippen molar-refractivity contribution in [2.45, 2.75) is 32.1 Å². The summed E-state index contributed by atoms with van der Waals surface area (Å²) < 4.78 is 0. The maximum atomic E-state index is 12.3. The van der Waals surface area contributed by atoms with Crippen molar-refractivity contribution in [1.82, 2.24) is 4.90 Å². The number of rotatable bonds is 6. The molecule has 2 amide bonds. The third-order valence-corrected chi connectivity index (χ3v) is 3.89. The van der Waals surface area contributed by atoms with E-state index >= 15 is 0 Å². The highest BCUT2D eigenvalue weighted by Crippen LogP contribution is 2.29. The van der Waals surface area contributed by atoms with Gasteiger partial charge in [-0.15, -0.1) is 0 Å². The van der Waals surface area contributed by atoms with Crippen LogP contribution in [0.5, 0.6) is 0 Å². The molecular formula is C16H19NO4. The Morgan fingerprint density at radius 1 is 1.33 bits per heavy atom. The zero-order chi connectivity index (χ0) is 15.4. The Balaban J connectivity index is 1.95. The number of carboxylic acid groups (broad SMARTS) is 1. The molecule has 2 atom stereocenters. The Bertz CT molecular complexity index is 540. The zero-order valence-electron chi connectivity index (χ0n) is 12.0. The third-order valence-electron chi connectivity index (χ3n) is 3.89. The summed E-state index contributed by atoms with van der Waals surface area (Å²) in [6, 6.07) is 9.28. The molecule has 1 fully saturated rings. The average molecular weight is 289 g/mol.